The van der Waals surface area contributed by atoms with Crippen molar-refractivity contribution in [3.8, 4) is 0 Å². The fourth-order valence-electron chi connectivity index (χ4n) is 4.67. The first kappa shape index (κ1) is 25.8. The fourth-order valence-corrected chi connectivity index (χ4v) is 4.80. The summed E-state index contributed by atoms with van der Waals surface area (Å²) >= 11 is 5.97. The molecule has 1 aliphatic rings. The van der Waals surface area contributed by atoms with Crippen molar-refractivity contribution in [1.29, 1.82) is 0 Å². The van der Waals surface area contributed by atoms with Crippen LogP contribution in [0.2, 0.25) is 5.02 Å². The lowest BCUT2D eigenvalue weighted by Crippen LogP contribution is -2.76. The van der Waals surface area contributed by atoms with Gasteiger partial charge in [-0.05, 0) is 28.8 Å². The summed E-state index contributed by atoms with van der Waals surface area (Å²) in [6.45, 7) is 0.228. The zero-order chi connectivity index (χ0) is 24.9. The van der Waals surface area contributed by atoms with Crippen molar-refractivity contribution in [2.45, 2.75) is 49.1 Å². The van der Waals surface area contributed by atoms with E-state index in [1.165, 1.54) is 7.11 Å². The normalized spacial score (nSPS) is 28.7. The third kappa shape index (κ3) is 5.60. The van der Waals surface area contributed by atoms with Crippen molar-refractivity contribution < 1.29 is 29.5 Å². The number of benzene rings is 3. The molecule has 0 spiro atoms. The van der Waals surface area contributed by atoms with E-state index in [0.29, 0.717) is 5.02 Å². The molecular formula is C28H31ClO6. The maximum absolute atomic E-state index is 12.2. The monoisotopic (exact) mass is 498 g/mol. The first-order valence-corrected chi connectivity index (χ1v) is 11.9. The van der Waals surface area contributed by atoms with Crippen LogP contribution in [-0.4, -0.2) is 58.7 Å². The molecule has 186 valence electrons. The van der Waals surface area contributed by atoms with Crippen LogP contribution in [0.1, 0.15) is 16.7 Å². The Morgan fingerprint density at radius 1 is 0.800 bits per heavy atom. The van der Waals surface area contributed by atoms with Crippen LogP contribution in [0, 0.1) is 0 Å². The van der Waals surface area contributed by atoms with Crippen molar-refractivity contribution in [2.75, 3.05) is 13.7 Å². The Hall–Kier alpha value is -2.29. The fraction of sp³-hybridized carbons (Fsp3) is 0.357. The highest BCUT2D eigenvalue weighted by Gasteiger charge is 2.64. The Kier molecular flexibility index (Phi) is 8.24. The number of hydrogen-bond acceptors (Lipinski definition) is 6. The van der Waals surface area contributed by atoms with Crippen LogP contribution in [0.4, 0.5) is 0 Å². The molecule has 0 radical (unpaired) electrons. The highest BCUT2D eigenvalue weighted by molar-refractivity contribution is 6.30. The zero-order valence-electron chi connectivity index (χ0n) is 19.6. The molecule has 1 saturated heterocycles. The van der Waals surface area contributed by atoms with E-state index in [1.54, 1.807) is 12.1 Å². The quantitative estimate of drug-likeness (QED) is 0.418. The molecule has 0 saturated carbocycles. The second-order valence-electron chi connectivity index (χ2n) is 8.99. The summed E-state index contributed by atoms with van der Waals surface area (Å²) in [6, 6.07) is 25.8. The molecule has 3 N–H and O–H groups in total. The van der Waals surface area contributed by atoms with E-state index in [1.807, 2.05) is 72.8 Å². The second-order valence-corrected chi connectivity index (χ2v) is 9.42. The molecule has 35 heavy (non-hydrogen) atoms. The molecule has 1 heterocycles. The van der Waals surface area contributed by atoms with E-state index >= 15 is 0 Å². The van der Waals surface area contributed by atoms with Gasteiger partial charge in [-0.3, -0.25) is 0 Å². The van der Waals surface area contributed by atoms with Crippen molar-refractivity contribution in [3.63, 3.8) is 0 Å². The van der Waals surface area contributed by atoms with Crippen LogP contribution < -0.4 is 0 Å². The highest BCUT2D eigenvalue weighted by Crippen LogP contribution is 2.43. The number of aliphatic hydroxyl groups is 3. The number of methoxy groups -OCH3 is 1. The van der Waals surface area contributed by atoms with E-state index in [2.05, 4.69) is 0 Å². The minimum absolute atomic E-state index is 0.00472. The van der Waals surface area contributed by atoms with E-state index in [4.69, 9.17) is 25.8 Å². The minimum Gasteiger partial charge on any atom is -0.385 e. The van der Waals surface area contributed by atoms with Gasteiger partial charge in [0.15, 0.2) is 6.29 Å². The molecule has 0 unspecified atom stereocenters. The van der Waals surface area contributed by atoms with Gasteiger partial charge in [-0.25, -0.2) is 0 Å². The summed E-state index contributed by atoms with van der Waals surface area (Å²) < 4.78 is 17.3. The Morgan fingerprint density at radius 2 is 1.34 bits per heavy atom. The lowest BCUT2D eigenvalue weighted by molar-refractivity contribution is -0.363. The Bertz CT molecular complexity index is 1060. The standard InChI is InChI=1S/C28H31ClO6/c1-33-26-25(30)28(32,17-21-10-6-3-7-11-21)27(31,16-20-8-4-2-5-9-20)24(35-26)19-34-18-22-12-14-23(29)15-13-22/h2-15,24-26,30-32H,16-19H2,1H3/t24-,25+,26+,27-,28-/m1/s1. The Labute approximate surface area is 210 Å². The molecule has 3 aromatic rings. The highest BCUT2D eigenvalue weighted by atomic mass is 35.5. The predicted octanol–water partition coefficient (Wildman–Crippen LogP) is 3.54. The zero-order valence-corrected chi connectivity index (χ0v) is 20.3. The molecule has 0 amide bonds. The van der Waals surface area contributed by atoms with Gasteiger partial charge in [-0.15, -0.1) is 0 Å². The summed E-state index contributed by atoms with van der Waals surface area (Å²) in [5.74, 6) is 0. The van der Waals surface area contributed by atoms with Crippen molar-refractivity contribution >= 4 is 11.6 Å². The van der Waals surface area contributed by atoms with E-state index < -0.39 is 29.7 Å². The van der Waals surface area contributed by atoms with Crippen LogP contribution in [-0.2, 0) is 33.7 Å². The molecule has 7 heteroatoms. The number of rotatable bonds is 9. The molecule has 6 nitrogen and oxygen atoms in total. The van der Waals surface area contributed by atoms with Crippen LogP contribution in [0.3, 0.4) is 0 Å². The molecule has 1 aliphatic heterocycles. The summed E-state index contributed by atoms with van der Waals surface area (Å²) in [7, 11) is 1.39. The van der Waals surface area contributed by atoms with E-state index in [-0.39, 0.29) is 26.1 Å². The molecule has 0 aromatic heterocycles. The molecule has 4 rings (SSSR count). The minimum atomic E-state index is -1.99. The van der Waals surface area contributed by atoms with Gasteiger partial charge in [-0.2, -0.15) is 0 Å². The summed E-state index contributed by atoms with van der Waals surface area (Å²) in [5.41, 5.74) is -1.43. The average molecular weight is 499 g/mol. The lowest BCUT2D eigenvalue weighted by atomic mass is 9.67. The Balaban J connectivity index is 1.66. The second kappa shape index (κ2) is 11.2. The van der Waals surface area contributed by atoms with Gasteiger partial charge in [0.1, 0.15) is 23.4 Å². The van der Waals surface area contributed by atoms with Gasteiger partial charge in [0.05, 0.1) is 13.2 Å². The van der Waals surface area contributed by atoms with Gasteiger partial charge >= 0.3 is 0 Å². The van der Waals surface area contributed by atoms with Crippen molar-refractivity contribution in [3.05, 3.63) is 107 Å². The topological polar surface area (TPSA) is 88.4 Å². The van der Waals surface area contributed by atoms with Crippen molar-refractivity contribution in [2.24, 2.45) is 0 Å². The van der Waals surface area contributed by atoms with Gasteiger partial charge < -0.3 is 29.5 Å². The van der Waals surface area contributed by atoms with Crippen LogP contribution >= 0.6 is 11.6 Å². The van der Waals surface area contributed by atoms with Gasteiger partial charge in [0.2, 0.25) is 0 Å². The molecule has 0 bridgehead atoms. The summed E-state index contributed by atoms with van der Waals surface area (Å²) in [6.07, 6.45) is -3.61. The maximum atomic E-state index is 12.2. The Morgan fingerprint density at radius 3 is 1.89 bits per heavy atom. The van der Waals surface area contributed by atoms with Crippen LogP contribution in [0.5, 0.6) is 0 Å². The molecular weight excluding hydrogens is 468 g/mol. The third-order valence-corrected chi connectivity index (χ3v) is 6.90. The molecule has 1 fully saturated rings. The summed E-state index contributed by atoms with van der Waals surface area (Å²) in [5, 5.41) is 36.1. The lowest BCUT2D eigenvalue weighted by Gasteiger charge is -2.55. The van der Waals surface area contributed by atoms with Gasteiger partial charge in [0.25, 0.3) is 0 Å². The first-order valence-electron chi connectivity index (χ1n) is 11.6. The largest absolute Gasteiger partial charge is 0.385 e. The molecule has 0 aliphatic carbocycles. The molecule has 5 atom stereocenters. The number of halogens is 1. The predicted molar refractivity (Wildman–Crippen MR) is 133 cm³/mol. The van der Waals surface area contributed by atoms with Crippen molar-refractivity contribution in [1.82, 2.24) is 0 Å². The summed E-state index contributed by atoms with van der Waals surface area (Å²) in [4.78, 5) is 0. The van der Waals surface area contributed by atoms with E-state index in [0.717, 1.165) is 16.7 Å². The SMILES string of the molecule is CO[C@H]1O[C@H](COCc2ccc(Cl)cc2)[C@](O)(Cc2ccccc2)[C@@](O)(Cc2ccccc2)[C@H]1O. The van der Waals surface area contributed by atoms with Crippen LogP contribution in [0.15, 0.2) is 84.9 Å². The van der Waals surface area contributed by atoms with Gasteiger partial charge in [-0.1, -0.05) is 84.4 Å². The molecule has 3 aromatic carbocycles. The number of hydrogen-bond donors (Lipinski definition) is 3. The average Bonchev–Trinajstić information content (AvgIpc) is 2.87. The maximum Gasteiger partial charge on any atom is 0.186 e. The van der Waals surface area contributed by atoms with E-state index in [9.17, 15) is 15.3 Å². The van der Waals surface area contributed by atoms with Gasteiger partial charge in [0, 0.05) is 25.0 Å². The number of aliphatic hydroxyl groups excluding tert-OH is 1. The third-order valence-electron chi connectivity index (χ3n) is 6.64. The first-order chi connectivity index (χ1) is 16.9. The smallest absolute Gasteiger partial charge is 0.186 e. The number of ether oxygens (including phenoxy) is 3. The van der Waals surface area contributed by atoms with Crippen LogP contribution in [0.25, 0.3) is 0 Å².